The van der Waals surface area contributed by atoms with E-state index in [0.29, 0.717) is 32.8 Å². The fourth-order valence-electron chi connectivity index (χ4n) is 3.86. The molecule has 0 bridgehead atoms. The number of hydrogen-bond acceptors (Lipinski definition) is 6. The number of rotatable bonds is 2. The molecular formula is C22H16N2O6S2. The molecule has 0 atom stereocenters. The lowest BCUT2D eigenvalue weighted by atomic mass is 10.1. The average Bonchev–Trinajstić information content (AvgIpc) is 2.71. The van der Waals surface area contributed by atoms with Crippen LogP contribution in [0.4, 0.5) is 0 Å². The van der Waals surface area contributed by atoms with Crippen LogP contribution < -0.4 is 10.9 Å². The smallest absolute Gasteiger partial charge is 0.197 e. The molecule has 3 aromatic carbocycles. The summed E-state index contributed by atoms with van der Waals surface area (Å²) in [6.45, 7) is 0. The van der Waals surface area contributed by atoms with Crippen molar-refractivity contribution >= 4 is 63.3 Å². The van der Waals surface area contributed by atoms with Crippen molar-refractivity contribution in [3.8, 4) is 0 Å². The second-order valence-electron chi connectivity index (χ2n) is 7.81. The van der Waals surface area contributed by atoms with Gasteiger partial charge in [-0.1, -0.05) is 0 Å². The van der Waals surface area contributed by atoms with Crippen molar-refractivity contribution in [3.63, 3.8) is 0 Å². The molecule has 0 aliphatic carbocycles. The van der Waals surface area contributed by atoms with E-state index < -0.39 is 19.7 Å². The maximum absolute atomic E-state index is 13.1. The number of benzene rings is 3. The Labute approximate surface area is 181 Å². The molecule has 0 unspecified atom stereocenters. The van der Waals surface area contributed by atoms with Gasteiger partial charge >= 0.3 is 0 Å². The number of nitrogens with one attached hydrogen (secondary N) is 2. The normalized spacial score (nSPS) is 12.8. The highest BCUT2D eigenvalue weighted by molar-refractivity contribution is 7.91. The predicted octanol–water partition coefficient (Wildman–Crippen LogP) is 2.48. The monoisotopic (exact) mass is 468 g/mol. The summed E-state index contributed by atoms with van der Waals surface area (Å²) in [5.41, 5.74) is 0.957. The number of aromatic amines is 2. The Bertz CT molecular complexity index is 1820. The molecule has 162 valence electrons. The van der Waals surface area contributed by atoms with Crippen molar-refractivity contribution in [2.45, 2.75) is 9.79 Å². The predicted molar refractivity (Wildman–Crippen MR) is 124 cm³/mol. The summed E-state index contributed by atoms with van der Waals surface area (Å²) >= 11 is 0. The number of H-pyrrole nitrogens is 2. The highest BCUT2D eigenvalue weighted by Gasteiger charge is 2.15. The molecule has 0 aliphatic heterocycles. The number of hydrogen-bond donors (Lipinski definition) is 2. The maximum Gasteiger partial charge on any atom is 0.197 e. The van der Waals surface area contributed by atoms with E-state index >= 15 is 0 Å². The first-order valence-electron chi connectivity index (χ1n) is 9.43. The quantitative estimate of drug-likeness (QED) is 0.382. The van der Waals surface area contributed by atoms with Gasteiger partial charge < -0.3 is 9.97 Å². The summed E-state index contributed by atoms with van der Waals surface area (Å²) in [7, 11) is -6.97. The van der Waals surface area contributed by atoms with Crippen LogP contribution in [0.15, 0.2) is 67.9 Å². The zero-order chi connectivity index (χ0) is 23.0. The minimum Gasteiger partial charge on any atom is -0.354 e. The molecule has 0 radical (unpaired) electrons. The van der Waals surface area contributed by atoms with E-state index in [1.807, 2.05) is 0 Å². The molecule has 32 heavy (non-hydrogen) atoms. The van der Waals surface area contributed by atoms with Crippen LogP contribution in [0.3, 0.4) is 0 Å². The molecule has 0 fully saturated rings. The van der Waals surface area contributed by atoms with Gasteiger partial charge in [0.2, 0.25) is 0 Å². The zero-order valence-corrected chi connectivity index (χ0v) is 18.5. The van der Waals surface area contributed by atoms with E-state index in [1.54, 1.807) is 12.1 Å². The minimum atomic E-state index is -3.49. The molecule has 2 heterocycles. The van der Waals surface area contributed by atoms with Crippen molar-refractivity contribution in [3.05, 3.63) is 69.0 Å². The number of fused-ring (bicyclic) bond motifs is 4. The summed E-state index contributed by atoms with van der Waals surface area (Å²) in [4.78, 5) is 32.5. The van der Waals surface area contributed by atoms with Crippen molar-refractivity contribution in [2.75, 3.05) is 12.5 Å². The standard InChI is InChI=1S/C22H16N2O6S2/c1-31(27,28)11-3-5-17-13(7-11)21(25)15-9-20-16(10-19(15)23-17)22(26)14-8-12(32(2,29)30)4-6-18(14)24-20/h3-10H,1-2H3,(H,23,25)(H,24,26). The van der Waals surface area contributed by atoms with Crippen LogP contribution in [0, 0.1) is 0 Å². The molecule has 0 aliphatic rings. The van der Waals surface area contributed by atoms with Gasteiger partial charge in [-0.25, -0.2) is 16.8 Å². The second-order valence-corrected chi connectivity index (χ2v) is 11.8. The molecule has 2 aromatic heterocycles. The van der Waals surface area contributed by atoms with E-state index in [0.717, 1.165) is 12.5 Å². The fourth-order valence-corrected chi connectivity index (χ4v) is 5.16. The average molecular weight is 469 g/mol. The summed E-state index contributed by atoms with van der Waals surface area (Å²) < 4.78 is 47.5. The fraction of sp³-hybridized carbons (Fsp3) is 0.0909. The SMILES string of the molecule is CS(=O)(=O)c1ccc2[nH]c3cc4c(=O)c5cc(S(C)(=O)=O)ccc5[nH]c4cc3c(=O)c2c1. The van der Waals surface area contributed by atoms with Gasteiger partial charge in [0.05, 0.1) is 20.8 Å². The summed E-state index contributed by atoms with van der Waals surface area (Å²) in [6, 6.07) is 11.6. The molecular weight excluding hydrogens is 452 g/mol. The Balaban J connectivity index is 1.89. The summed E-state index contributed by atoms with van der Waals surface area (Å²) in [6.07, 6.45) is 2.14. The van der Waals surface area contributed by atoms with Gasteiger partial charge in [0.1, 0.15) is 0 Å². The third-order valence-corrected chi connectivity index (χ3v) is 7.73. The molecule has 5 rings (SSSR count). The van der Waals surface area contributed by atoms with Gasteiger partial charge in [-0.2, -0.15) is 0 Å². The molecule has 10 heteroatoms. The van der Waals surface area contributed by atoms with Crippen molar-refractivity contribution in [1.82, 2.24) is 9.97 Å². The van der Waals surface area contributed by atoms with E-state index in [4.69, 9.17) is 0 Å². The van der Waals surface area contributed by atoms with Crippen LogP contribution >= 0.6 is 0 Å². The van der Waals surface area contributed by atoms with Crippen LogP contribution in [0.5, 0.6) is 0 Å². The topological polar surface area (TPSA) is 134 Å². The number of pyridine rings is 2. The molecule has 0 saturated heterocycles. The molecule has 8 nitrogen and oxygen atoms in total. The van der Waals surface area contributed by atoms with Crippen LogP contribution in [0.2, 0.25) is 0 Å². The Morgan fingerprint density at radius 1 is 0.531 bits per heavy atom. The Kier molecular flexibility index (Phi) is 4.15. The van der Waals surface area contributed by atoms with E-state index in [1.165, 1.54) is 36.4 Å². The zero-order valence-electron chi connectivity index (χ0n) is 16.9. The first-order chi connectivity index (χ1) is 14.9. The molecule has 0 spiro atoms. The maximum atomic E-state index is 13.1. The second kappa shape index (κ2) is 6.50. The molecule has 0 amide bonds. The summed E-state index contributed by atoms with van der Waals surface area (Å²) in [5.74, 6) is 0. The molecule has 2 N–H and O–H groups in total. The van der Waals surface area contributed by atoms with E-state index in [-0.39, 0.29) is 31.4 Å². The van der Waals surface area contributed by atoms with Gasteiger partial charge in [0.25, 0.3) is 0 Å². The van der Waals surface area contributed by atoms with Gasteiger partial charge in [0.15, 0.2) is 30.5 Å². The third-order valence-electron chi connectivity index (χ3n) is 5.51. The van der Waals surface area contributed by atoms with Gasteiger partial charge in [-0.3, -0.25) is 9.59 Å². The Hall–Kier alpha value is -3.50. The van der Waals surface area contributed by atoms with Crippen molar-refractivity contribution in [1.29, 1.82) is 0 Å². The Morgan fingerprint density at radius 3 is 1.22 bits per heavy atom. The van der Waals surface area contributed by atoms with E-state index in [2.05, 4.69) is 9.97 Å². The van der Waals surface area contributed by atoms with Gasteiger partial charge in [-0.15, -0.1) is 0 Å². The van der Waals surface area contributed by atoms with Gasteiger partial charge in [0, 0.05) is 45.1 Å². The number of sulfone groups is 2. The lowest BCUT2D eigenvalue weighted by Crippen LogP contribution is -2.09. The third kappa shape index (κ3) is 3.10. The highest BCUT2D eigenvalue weighted by Crippen LogP contribution is 2.24. The Morgan fingerprint density at radius 2 is 0.875 bits per heavy atom. The lowest BCUT2D eigenvalue weighted by Gasteiger charge is -2.08. The largest absolute Gasteiger partial charge is 0.354 e. The number of aromatic nitrogens is 2. The van der Waals surface area contributed by atoms with Gasteiger partial charge in [-0.05, 0) is 48.5 Å². The summed E-state index contributed by atoms with van der Waals surface area (Å²) in [5, 5.41) is 1.03. The molecule has 0 saturated carbocycles. The minimum absolute atomic E-state index is 0.0386. The lowest BCUT2D eigenvalue weighted by molar-refractivity contribution is 0.600. The van der Waals surface area contributed by atoms with Crippen LogP contribution in [0.1, 0.15) is 0 Å². The molecule has 5 aromatic rings. The first kappa shape index (κ1) is 20.4. The van der Waals surface area contributed by atoms with Crippen molar-refractivity contribution in [2.24, 2.45) is 0 Å². The van der Waals surface area contributed by atoms with Crippen LogP contribution in [-0.2, 0) is 19.7 Å². The first-order valence-corrected chi connectivity index (χ1v) is 13.2. The highest BCUT2D eigenvalue weighted by atomic mass is 32.2. The van der Waals surface area contributed by atoms with Crippen molar-refractivity contribution < 1.29 is 16.8 Å². The van der Waals surface area contributed by atoms with Crippen LogP contribution in [-0.4, -0.2) is 39.3 Å². The van der Waals surface area contributed by atoms with Crippen LogP contribution in [0.25, 0.3) is 43.6 Å². The van der Waals surface area contributed by atoms with E-state index in [9.17, 15) is 26.4 Å².